The van der Waals surface area contributed by atoms with Crippen LogP contribution in [0, 0.1) is 6.92 Å². The Labute approximate surface area is 233 Å². The molecule has 5 aromatic rings. The molecule has 0 unspecified atom stereocenters. The molecule has 3 N–H and O–H groups in total. The van der Waals surface area contributed by atoms with E-state index in [1.165, 1.54) is 16.5 Å². The third-order valence-electron chi connectivity index (χ3n) is 6.63. The number of hydrogen-bond donors (Lipinski definition) is 2. The number of carbonyl (C=O) groups excluding carboxylic acids is 1. The highest BCUT2D eigenvalue weighted by Gasteiger charge is 2.27. The van der Waals surface area contributed by atoms with Crippen molar-refractivity contribution in [2.24, 2.45) is 5.10 Å². The molecular weight excluding hydrogens is 534 g/mol. The Balaban J connectivity index is 1.28. The molecule has 1 aliphatic rings. The average Bonchev–Trinajstić information content (AvgIpc) is 3.66. The van der Waals surface area contributed by atoms with Crippen LogP contribution >= 0.6 is 11.6 Å². The van der Waals surface area contributed by atoms with Gasteiger partial charge in [0, 0.05) is 12.2 Å². The summed E-state index contributed by atoms with van der Waals surface area (Å²) in [5.74, 6) is -0.399. The van der Waals surface area contributed by atoms with Crippen molar-refractivity contribution in [1.82, 2.24) is 40.5 Å². The predicted octanol–water partition coefficient (Wildman–Crippen LogP) is 3.10. The number of benzene rings is 2. The molecule has 0 atom stereocenters. The van der Waals surface area contributed by atoms with Gasteiger partial charge < -0.3 is 10.6 Å². The Morgan fingerprint density at radius 1 is 1.15 bits per heavy atom. The second-order valence-corrected chi connectivity index (χ2v) is 9.52. The lowest BCUT2D eigenvalue weighted by molar-refractivity contribution is 0.0949. The lowest BCUT2D eigenvalue weighted by Gasteiger charge is -2.31. The highest BCUT2D eigenvalue weighted by Crippen LogP contribution is 2.29. The van der Waals surface area contributed by atoms with Crippen molar-refractivity contribution in [3.8, 4) is 11.5 Å². The van der Waals surface area contributed by atoms with Gasteiger partial charge in [0.1, 0.15) is 5.15 Å². The summed E-state index contributed by atoms with van der Waals surface area (Å²) in [6.45, 7) is 2.92. The highest BCUT2D eigenvalue weighted by atomic mass is 35.5. The van der Waals surface area contributed by atoms with Crippen LogP contribution in [0.5, 0.6) is 0 Å². The number of rotatable bonds is 7. The summed E-state index contributed by atoms with van der Waals surface area (Å²) in [5.41, 5.74) is 13.3. The van der Waals surface area contributed by atoms with Gasteiger partial charge in [-0.2, -0.15) is 14.9 Å². The standard InChI is InChI=1S/C26H24ClN11O2/c1-16-19(23(27)37(32-16)18-10-3-2-4-11-18)14-29-31-26(39)22-21(38(35-30-22)25-24(28)33-40-34-25)15-36-13-7-9-17-8-5-6-12-20(17)36/h2-6,8,10-12,14H,7,9,13,15H2,1H3,(H2,28,33)(H,31,39)/b29-14-. The molecule has 0 saturated heterocycles. The van der Waals surface area contributed by atoms with E-state index in [4.69, 9.17) is 22.0 Å². The molecule has 0 aliphatic carbocycles. The van der Waals surface area contributed by atoms with Gasteiger partial charge in [0.2, 0.25) is 11.6 Å². The minimum atomic E-state index is -0.568. The number of nitrogens with two attached hydrogens (primary N) is 1. The van der Waals surface area contributed by atoms with Crippen LogP contribution in [0.15, 0.2) is 64.3 Å². The van der Waals surface area contributed by atoms with Crippen molar-refractivity contribution >= 4 is 35.2 Å². The Hall–Kier alpha value is -5.04. The fraction of sp³-hybridized carbons (Fsp3) is 0.192. The molecular formula is C26H24ClN11O2. The molecule has 1 aliphatic heterocycles. The van der Waals surface area contributed by atoms with Crippen molar-refractivity contribution in [2.75, 3.05) is 17.2 Å². The predicted molar refractivity (Wildman–Crippen MR) is 148 cm³/mol. The maximum absolute atomic E-state index is 13.3. The number of hydrazone groups is 1. The number of anilines is 2. The smallest absolute Gasteiger partial charge is 0.293 e. The summed E-state index contributed by atoms with van der Waals surface area (Å²) in [5, 5.41) is 24.8. The molecule has 4 heterocycles. The summed E-state index contributed by atoms with van der Waals surface area (Å²) in [6, 6.07) is 17.7. The van der Waals surface area contributed by atoms with Crippen LogP contribution in [-0.4, -0.2) is 53.8 Å². The fourth-order valence-electron chi connectivity index (χ4n) is 4.69. The van der Waals surface area contributed by atoms with E-state index in [9.17, 15) is 4.79 Å². The molecule has 3 aromatic heterocycles. The first kappa shape index (κ1) is 25.2. The summed E-state index contributed by atoms with van der Waals surface area (Å²) in [4.78, 5) is 15.5. The summed E-state index contributed by atoms with van der Waals surface area (Å²) in [6.07, 6.45) is 3.40. The number of nitrogens with zero attached hydrogens (tertiary/aromatic N) is 9. The largest absolute Gasteiger partial charge is 0.378 e. The first-order valence-electron chi connectivity index (χ1n) is 12.5. The maximum Gasteiger partial charge on any atom is 0.293 e. The van der Waals surface area contributed by atoms with E-state index < -0.39 is 5.91 Å². The van der Waals surface area contributed by atoms with Gasteiger partial charge in [0.15, 0.2) is 5.69 Å². The Morgan fingerprint density at radius 2 is 1.95 bits per heavy atom. The summed E-state index contributed by atoms with van der Waals surface area (Å²) in [7, 11) is 0. The number of hydrogen-bond acceptors (Lipinski definition) is 10. The number of aromatic nitrogens is 7. The van der Waals surface area contributed by atoms with E-state index in [1.54, 1.807) is 4.68 Å². The van der Waals surface area contributed by atoms with Crippen LogP contribution < -0.4 is 16.1 Å². The van der Waals surface area contributed by atoms with Crippen LogP contribution in [-0.2, 0) is 13.0 Å². The fourth-order valence-corrected chi connectivity index (χ4v) is 5.01. The molecule has 40 heavy (non-hydrogen) atoms. The molecule has 202 valence electrons. The van der Waals surface area contributed by atoms with E-state index in [2.05, 4.69) is 53.3 Å². The number of para-hydroxylation sites is 2. The number of nitrogen functional groups attached to an aromatic ring is 1. The quantitative estimate of drug-likeness (QED) is 0.226. The van der Waals surface area contributed by atoms with Crippen molar-refractivity contribution < 1.29 is 9.42 Å². The van der Waals surface area contributed by atoms with Gasteiger partial charge in [-0.05, 0) is 53.8 Å². The molecule has 0 bridgehead atoms. The molecule has 0 radical (unpaired) electrons. The minimum absolute atomic E-state index is 0.0238. The Bertz CT molecular complexity index is 1710. The third kappa shape index (κ3) is 4.66. The van der Waals surface area contributed by atoms with Crippen LogP contribution in [0.1, 0.15) is 39.4 Å². The van der Waals surface area contributed by atoms with Crippen LogP contribution in [0.3, 0.4) is 0 Å². The second-order valence-electron chi connectivity index (χ2n) is 9.16. The van der Waals surface area contributed by atoms with Gasteiger partial charge in [-0.15, -0.1) is 5.10 Å². The normalized spacial score (nSPS) is 13.1. The molecule has 2 aromatic carbocycles. The van der Waals surface area contributed by atoms with Crippen molar-refractivity contribution in [2.45, 2.75) is 26.3 Å². The van der Waals surface area contributed by atoms with Crippen molar-refractivity contribution in [3.63, 3.8) is 0 Å². The van der Waals surface area contributed by atoms with Crippen molar-refractivity contribution in [1.29, 1.82) is 0 Å². The molecule has 0 saturated carbocycles. The summed E-state index contributed by atoms with van der Waals surface area (Å²) >= 11 is 6.58. The molecule has 14 heteroatoms. The monoisotopic (exact) mass is 557 g/mol. The van der Waals surface area contributed by atoms with E-state index >= 15 is 0 Å². The Kier molecular flexibility index (Phi) is 6.70. The van der Waals surface area contributed by atoms with Crippen LogP contribution in [0.4, 0.5) is 11.5 Å². The van der Waals surface area contributed by atoms with Crippen LogP contribution in [0.2, 0.25) is 5.15 Å². The number of aryl methyl sites for hydroxylation is 2. The topological polar surface area (TPSA) is 158 Å². The van der Waals surface area contributed by atoms with Gasteiger partial charge in [0.25, 0.3) is 5.91 Å². The lowest BCUT2D eigenvalue weighted by atomic mass is 10.0. The highest BCUT2D eigenvalue weighted by molar-refractivity contribution is 6.32. The van der Waals surface area contributed by atoms with Gasteiger partial charge >= 0.3 is 0 Å². The van der Waals surface area contributed by atoms with E-state index in [-0.39, 0.29) is 17.3 Å². The minimum Gasteiger partial charge on any atom is -0.378 e. The van der Waals surface area contributed by atoms with E-state index in [0.29, 0.717) is 28.6 Å². The summed E-state index contributed by atoms with van der Waals surface area (Å²) < 4.78 is 7.74. The van der Waals surface area contributed by atoms with Crippen LogP contribution in [0.25, 0.3) is 11.5 Å². The number of carbonyl (C=O) groups is 1. The SMILES string of the molecule is Cc1nn(-c2ccccc2)c(Cl)c1/C=N\NC(=O)c1nnn(-c2nonc2N)c1CN1CCCc2ccccc21. The van der Waals surface area contributed by atoms with Gasteiger partial charge in [-0.25, -0.2) is 14.7 Å². The average molecular weight is 558 g/mol. The molecule has 0 spiro atoms. The first-order valence-corrected chi connectivity index (χ1v) is 12.9. The van der Waals surface area contributed by atoms with Gasteiger partial charge in [-0.3, -0.25) is 4.79 Å². The number of halogens is 1. The number of nitrogens with one attached hydrogen (secondary N) is 1. The first-order chi connectivity index (χ1) is 19.5. The third-order valence-corrected chi connectivity index (χ3v) is 6.99. The molecule has 13 nitrogen and oxygen atoms in total. The number of fused-ring (bicyclic) bond motifs is 1. The van der Waals surface area contributed by atoms with E-state index in [1.807, 2.05) is 49.4 Å². The maximum atomic E-state index is 13.3. The second kappa shape index (κ2) is 10.6. The number of amides is 1. The van der Waals surface area contributed by atoms with Gasteiger partial charge in [-0.1, -0.05) is 53.2 Å². The lowest BCUT2D eigenvalue weighted by Crippen LogP contribution is -2.31. The van der Waals surface area contributed by atoms with E-state index in [0.717, 1.165) is 30.8 Å². The molecule has 1 amide bonds. The zero-order chi connectivity index (χ0) is 27.6. The zero-order valence-corrected chi connectivity index (χ0v) is 22.2. The molecule has 0 fully saturated rings. The van der Waals surface area contributed by atoms with Gasteiger partial charge in [0.05, 0.1) is 35.4 Å². The molecule has 6 rings (SSSR count). The Morgan fingerprint density at radius 3 is 2.75 bits per heavy atom. The zero-order valence-electron chi connectivity index (χ0n) is 21.4. The van der Waals surface area contributed by atoms with Crippen molar-refractivity contribution in [3.05, 3.63) is 88.0 Å².